The van der Waals surface area contributed by atoms with Crippen molar-refractivity contribution >= 4 is 29.5 Å². The number of nitrogens with zero attached hydrogens (tertiary/aromatic N) is 1. The van der Waals surface area contributed by atoms with Gasteiger partial charge in [0.05, 0.1) is 0 Å². The lowest BCUT2D eigenvalue weighted by Gasteiger charge is -2.10. The lowest BCUT2D eigenvalue weighted by molar-refractivity contribution is -0.129. The molecule has 0 spiro atoms. The number of aliphatic imine (C=N–C) groups is 1. The van der Waals surface area contributed by atoms with Crippen LogP contribution in [0.3, 0.4) is 0 Å². The highest BCUT2D eigenvalue weighted by molar-refractivity contribution is 6.31. The van der Waals surface area contributed by atoms with E-state index in [4.69, 9.17) is 21.1 Å². The molecule has 4 nitrogen and oxygen atoms in total. The van der Waals surface area contributed by atoms with E-state index >= 15 is 0 Å². The summed E-state index contributed by atoms with van der Waals surface area (Å²) in [5, 5.41) is 0.644. The normalized spacial score (nSPS) is 14.1. The predicted octanol–water partition coefficient (Wildman–Crippen LogP) is 6.93. The largest absolute Gasteiger partial charge is 0.488 e. The van der Waals surface area contributed by atoms with E-state index in [2.05, 4.69) is 4.99 Å². The Labute approximate surface area is 202 Å². The van der Waals surface area contributed by atoms with E-state index in [1.165, 1.54) is 0 Å². The molecule has 0 radical (unpaired) electrons. The average molecular weight is 466 g/mol. The van der Waals surface area contributed by atoms with Gasteiger partial charge in [-0.2, -0.15) is 0 Å². The quantitative estimate of drug-likeness (QED) is 0.229. The topological polar surface area (TPSA) is 47.9 Å². The minimum Gasteiger partial charge on any atom is -0.488 e. The van der Waals surface area contributed by atoms with Crippen LogP contribution in [0, 0.1) is 0 Å². The summed E-state index contributed by atoms with van der Waals surface area (Å²) < 4.78 is 11.4. The Morgan fingerprint density at radius 3 is 2.21 bits per heavy atom. The Morgan fingerprint density at radius 1 is 0.765 bits per heavy atom. The summed E-state index contributed by atoms with van der Waals surface area (Å²) >= 11 is 6.23. The molecule has 5 heteroatoms. The SMILES string of the molecule is O=C1OC(c2ccc(-c3ccccc3)cc2)=N/C1=C\c1ccccc1OCc1ccccc1Cl. The van der Waals surface area contributed by atoms with Gasteiger partial charge in [0, 0.05) is 21.7 Å². The van der Waals surface area contributed by atoms with Crippen molar-refractivity contribution < 1.29 is 14.3 Å². The van der Waals surface area contributed by atoms with Crippen LogP contribution in [0.2, 0.25) is 5.02 Å². The molecule has 0 amide bonds. The number of benzene rings is 4. The van der Waals surface area contributed by atoms with Gasteiger partial charge in [-0.3, -0.25) is 0 Å². The van der Waals surface area contributed by atoms with Gasteiger partial charge in [0.2, 0.25) is 5.90 Å². The molecule has 0 saturated heterocycles. The standard InChI is InChI=1S/C29H20ClNO3/c30-25-12-6-4-11-24(25)19-33-27-13-7-5-10-23(27)18-26-29(32)34-28(31-26)22-16-14-21(15-17-22)20-8-2-1-3-9-20/h1-18H,19H2/b26-18-. The maximum absolute atomic E-state index is 12.5. The third kappa shape index (κ3) is 4.77. The van der Waals surface area contributed by atoms with Crippen molar-refractivity contribution in [2.75, 3.05) is 0 Å². The molecular formula is C29H20ClNO3. The minimum atomic E-state index is -0.497. The van der Waals surface area contributed by atoms with Gasteiger partial charge in [-0.05, 0) is 41.5 Å². The van der Waals surface area contributed by atoms with Crippen LogP contribution in [0.15, 0.2) is 114 Å². The Hall–Kier alpha value is -4.15. The first-order chi connectivity index (χ1) is 16.7. The second-order valence-electron chi connectivity index (χ2n) is 7.70. The van der Waals surface area contributed by atoms with Crippen LogP contribution < -0.4 is 4.74 Å². The first-order valence-electron chi connectivity index (χ1n) is 10.8. The third-order valence-corrected chi connectivity index (χ3v) is 5.78. The summed E-state index contributed by atoms with van der Waals surface area (Å²) in [6.45, 7) is 0.312. The van der Waals surface area contributed by atoms with E-state index in [0.29, 0.717) is 17.4 Å². The molecule has 0 bridgehead atoms. The lowest BCUT2D eigenvalue weighted by Crippen LogP contribution is -2.05. The predicted molar refractivity (Wildman–Crippen MR) is 135 cm³/mol. The van der Waals surface area contributed by atoms with Gasteiger partial charge < -0.3 is 9.47 Å². The molecule has 4 aromatic carbocycles. The zero-order valence-electron chi connectivity index (χ0n) is 18.1. The van der Waals surface area contributed by atoms with E-state index in [9.17, 15) is 4.79 Å². The lowest BCUT2D eigenvalue weighted by atomic mass is 10.0. The zero-order chi connectivity index (χ0) is 23.3. The van der Waals surface area contributed by atoms with E-state index in [0.717, 1.165) is 27.8 Å². The van der Waals surface area contributed by atoms with Gasteiger partial charge in [0.25, 0.3) is 0 Å². The number of carbonyl (C=O) groups excluding carboxylic acids is 1. The van der Waals surface area contributed by atoms with E-state index < -0.39 is 5.97 Å². The fraction of sp³-hybridized carbons (Fsp3) is 0.0345. The molecule has 0 aromatic heterocycles. The highest BCUT2D eigenvalue weighted by atomic mass is 35.5. The van der Waals surface area contributed by atoms with Crippen molar-refractivity contribution in [3.63, 3.8) is 0 Å². The average Bonchev–Trinajstić information content (AvgIpc) is 3.25. The highest BCUT2D eigenvalue weighted by Crippen LogP contribution is 2.27. The van der Waals surface area contributed by atoms with Crippen LogP contribution in [0.25, 0.3) is 17.2 Å². The summed E-state index contributed by atoms with van der Waals surface area (Å²) in [7, 11) is 0. The maximum Gasteiger partial charge on any atom is 0.363 e. The molecule has 0 atom stereocenters. The second kappa shape index (κ2) is 9.77. The van der Waals surface area contributed by atoms with Gasteiger partial charge in [0.1, 0.15) is 12.4 Å². The Bertz CT molecular complexity index is 1390. The highest BCUT2D eigenvalue weighted by Gasteiger charge is 2.24. The molecule has 0 aliphatic carbocycles. The summed E-state index contributed by atoms with van der Waals surface area (Å²) in [6.07, 6.45) is 1.68. The summed E-state index contributed by atoms with van der Waals surface area (Å²) in [4.78, 5) is 17.0. The summed E-state index contributed by atoms with van der Waals surface area (Å²) in [5.41, 5.74) is 4.76. The van der Waals surface area contributed by atoms with Crippen LogP contribution in [0.1, 0.15) is 16.7 Å². The van der Waals surface area contributed by atoms with E-state index in [1.807, 2.05) is 103 Å². The van der Waals surface area contributed by atoms with Crippen LogP contribution in [-0.2, 0) is 16.1 Å². The molecule has 0 fully saturated rings. The molecule has 5 rings (SSSR count). The van der Waals surface area contributed by atoms with Gasteiger partial charge in [-0.25, -0.2) is 9.79 Å². The monoisotopic (exact) mass is 465 g/mol. The van der Waals surface area contributed by atoms with Crippen LogP contribution >= 0.6 is 11.6 Å². The fourth-order valence-electron chi connectivity index (χ4n) is 3.62. The van der Waals surface area contributed by atoms with Gasteiger partial charge >= 0.3 is 5.97 Å². The fourth-order valence-corrected chi connectivity index (χ4v) is 3.81. The van der Waals surface area contributed by atoms with Crippen molar-refractivity contribution in [1.29, 1.82) is 0 Å². The molecular weight excluding hydrogens is 446 g/mol. The Kier molecular flexibility index (Phi) is 6.23. The number of ether oxygens (including phenoxy) is 2. The number of rotatable bonds is 6. The van der Waals surface area contributed by atoms with E-state index in [-0.39, 0.29) is 11.6 Å². The summed E-state index contributed by atoms with van der Waals surface area (Å²) in [6, 6.07) is 32.8. The molecule has 0 unspecified atom stereocenters. The van der Waals surface area contributed by atoms with Gasteiger partial charge in [-0.15, -0.1) is 0 Å². The van der Waals surface area contributed by atoms with Crippen molar-refractivity contribution in [3.8, 4) is 16.9 Å². The molecule has 34 heavy (non-hydrogen) atoms. The minimum absolute atomic E-state index is 0.218. The van der Waals surface area contributed by atoms with E-state index in [1.54, 1.807) is 6.08 Å². The molecule has 0 N–H and O–H groups in total. The number of para-hydroxylation sites is 1. The smallest absolute Gasteiger partial charge is 0.363 e. The number of carbonyl (C=O) groups is 1. The first kappa shape index (κ1) is 21.7. The first-order valence-corrected chi connectivity index (χ1v) is 11.2. The Morgan fingerprint density at radius 2 is 1.41 bits per heavy atom. The number of hydrogen-bond donors (Lipinski definition) is 0. The molecule has 1 heterocycles. The maximum atomic E-state index is 12.5. The van der Waals surface area contributed by atoms with Crippen molar-refractivity contribution in [2.24, 2.45) is 4.99 Å². The molecule has 0 saturated carbocycles. The molecule has 1 aliphatic rings. The number of hydrogen-bond acceptors (Lipinski definition) is 4. The number of halogens is 1. The Balaban J connectivity index is 1.37. The molecule has 1 aliphatic heterocycles. The molecule has 166 valence electrons. The third-order valence-electron chi connectivity index (χ3n) is 5.41. The van der Waals surface area contributed by atoms with Crippen LogP contribution in [0.5, 0.6) is 5.75 Å². The zero-order valence-corrected chi connectivity index (χ0v) is 18.9. The molecule has 4 aromatic rings. The van der Waals surface area contributed by atoms with Crippen molar-refractivity contribution in [3.05, 3.63) is 131 Å². The van der Waals surface area contributed by atoms with Crippen molar-refractivity contribution in [2.45, 2.75) is 6.61 Å². The number of esters is 1. The van der Waals surface area contributed by atoms with Crippen molar-refractivity contribution in [1.82, 2.24) is 0 Å². The van der Waals surface area contributed by atoms with Crippen LogP contribution in [0.4, 0.5) is 0 Å². The second-order valence-corrected chi connectivity index (χ2v) is 8.10. The van der Waals surface area contributed by atoms with Crippen LogP contribution in [-0.4, -0.2) is 11.9 Å². The summed E-state index contributed by atoms with van der Waals surface area (Å²) in [5.74, 6) is 0.409. The van der Waals surface area contributed by atoms with Gasteiger partial charge in [0.15, 0.2) is 5.70 Å². The number of cyclic esters (lactones) is 1. The van der Waals surface area contributed by atoms with Gasteiger partial charge in [-0.1, -0.05) is 90.5 Å².